The Bertz CT molecular complexity index is 578. The van der Waals surface area contributed by atoms with Gasteiger partial charge in [0, 0.05) is 32.2 Å². The number of hydrogen-bond donors (Lipinski definition) is 1. The summed E-state index contributed by atoms with van der Waals surface area (Å²) in [4.78, 5) is 27.2. The summed E-state index contributed by atoms with van der Waals surface area (Å²) >= 11 is 0. The number of nitro groups is 1. The standard InChI is InChI=1S/C16H22N4O3/c21-16(13-5-3-4-8-17-13)19-11-9-18(10-12-19)14-6-1-2-7-15(14)20(22)23/h1-2,6-7,13,17H,3-5,8-12H2/t13-/m0/s1. The number of nitrogens with one attached hydrogen (secondary N) is 1. The molecule has 2 heterocycles. The molecule has 1 aromatic carbocycles. The van der Waals surface area contributed by atoms with Crippen molar-refractivity contribution in [3.63, 3.8) is 0 Å². The van der Waals surface area contributed by atoms with Crippen molar-refractivity contribution in [2.24, 2.45) is 0 Å². The number of hydrogen-bond acceptors (Lipinski definition) is 5. The van der Waals surface area contributed by atoms with Crippen molar-refractivity contribution in [1.29, 1.82) is 0 Å². The normalized spacial score (nSPS) is 22.0. The zero-order chi connectivity index (χ0) is 16.2. The first-order valence-electron chi connectivity index (χ1n) is 8.17. The van der Waals surface area contributed by atoms with Crippen molar-refractivity contribution >= 4 is 17.3 Å². The Morgan fingerprint density at radius 2 is 1.91 bits per heavy atom. The Labute approximate surface area is 135 Å². The Morgan fingerprint density at radius 1 is 1.17 bits per heavy atom. The lowest BCUT2D eigenvalue weighted by atomic mass is 10.0. The summed E-state index contributed by atoms with van der Waals surface area (Å²) < 4.78 is 0. The van der Waals surface area contributed by atoms with E-state index in [-0.39, 0.29) is 22.6 Å². The van der Waals surface area contributed by atoms with E-state index in [0.29, 0.717) is 31.9 Å². The van der Waals surface area contributed by atoms with Gasteiger partial charge in [-0.05, 0) is 25.5 Å². The highest BCUT2D eigenvalue weighted by Crippen LogP contribution is 2.28. The van der Waals surface area contributed by atoms with Crippen LogP contribution < -0.4 is 10.2 Å². The highest BCUT2D eigenvalue weighted by Gasteiger charge is 2.29. The highest BCUT2D eigenvalue weighted by molar-refractivity contribution is 5.82. The number of benzene rings is 1. The maximum atomic E-state index is 12.5. The van der Waals surface area contributed by atoms with Crippen LogP contribution in [0.25, 0.3) is 0 Å². The smallest absolute Gasteiger partial charge is 0.292 e. The minimum atomic E-state index is -0.348. The number of carbonyl (C=O) groups is 1. The third kappa shape index (κ3) is 3.44. The van der Waals surface area contributed by atoms with Crippen LogP contribution in [0.3, 0.4) is 0 Å². The minimum Gasteiger partial charge on any atom is -0.362 e. The highest BCUT2D eigenvalue weighted by atomic mass is 16.6. The lowest BCUT2D eigenvalue weighted by Crippen LogP contribution is -2.55. The molecule has 2 aliphatic heterocycles. The molecule has 0 aliphatic carbocycles. The van der Waals surface area contributed by atoms with E-state index in [1.54, 1.807) is 12.1 Å². The van der Waals surface area contributed by atoms with Crippen LogP contribution in [-0.2, 0) is 4.79 Å². The zero-order valence-electron chi connectivity index (χ0n) is 13.1. The molecule has 0 unspecified atom stereocenters. The average Bonchev–Trinajstić information content (AvgIpc) is 2.62. The van der Waals surface area contributed by atoms with E-state index < -0.39 is 0 Å². The maximum Gasteiger partial charge on any atom is 0.292 e. The Kier molecular flexibility index (Phi) is 4.76. The van der Waals surface area contributed by atoms with Crippen LogP contribution >= 0.6 is 0 Å². The lowest BCUT2D eigenvalue weighted by molar-refractivity contribution is -0.384. The van der Waals surface area contributed by atoms with Gasteiger partial charge in [-0.3, -0.25) is 14.9 Å². The van der Waals surface area contributed by atoms with Crippen molar-refractivity contribution < 1.29 is 9.72 Å². The van der Waals surface area contributed by atoms with Crippen molar-refractivity contribution in [2.75, 3.05) is 37.6 Å². The van der Waals surface area contributed by atoms with Gasteiger partial charge in [-0.1, -0.05) is 18.6 Å². The van der Waals surface area contributed by atoms with Crippen LogP contribution in [-0.4, -0.2) is 54.5 Å². The number of anilines is 1. The summed E-state index contributed by atoms with van der Waals surface area (Å²) in [6.45, 7) is 3.39. The van der Waals surface area contributed by atoms with Gasteiger partial charge in [-0.15, -0.1) is 0 Å². The number of piperidine rings is 1. The second kappa shape index (κ2) is 6.95. The second-order valence-electron chi connectivity index (χ2n) is 6.06. The van der Waals surface area contributed by atoms with Crippen molar-refractivity contribution in [3.05, 3.63) is 34.4 Å². The Morgan fingerprint density at radius 3 is 2.57 bits per heavy atom. The van der Waals surface area contributed by atoms with Gasteiger partial charge in [0.1, 0.15) is 5.69 Å². The van der Waals surface area contributed by atoms with Crippen LogP contribution in [0.2, 0.25) is 0 Å². The number of nitro benzene ring substituents is 1. The summed E-state index contributed by atoms with van der Waals surface area (Å²) in [6.07, 6.45) is 3.14. The predicted molar refractivity (Wildman–Crippen MR) is 87.5 cm³/mol. The summed E-state index contributed by atoms with van der Waals surface area (Å²) in [5, 5.41) is 14.4. The molecule has 0 radical (unpaired) electrons. The molecule has 2 aliphatic rings. The van der Waals surface area contributed by atoms with Gasteiger partial charge in [0.25, 0.3) is 5.69 Å². The van der Waals surface area contributed by atoms with Gasteiger partial charge >= 0.3 is 0 Å². The number of piperazine rings is 1. The molecular formula is C16H22N4O3. The maximum absolute atomic E-state index is 12.5. The zero-order valence-corrected chi connectivity index (χ0v) is 13.1. The second-order valence-corrected chi connectivity index (χ2v) is 6.06. The number of nitrogens with zero attached hydrogens (tertiary/aromatic N) is 3. The van der Waals surface area contributed by atoms with E-state index in [0.717, 1.165) is 25.8 Å². The molecule has 7 nitrogen and oxygen atoms in total. The van der Waals surface area contributed by atoms with E-state index in [9.17, 15) is 14.9 Å². The molecule has 23 heavy (non-hydrogen) atoms. The molecule has 1 N–H and O–H groups in total. The number of rotatable bonds is 3. The SMILES string of the molecule is O=C([C@@H]1CCCCN1)N1CCN(c2ccccc2[N+](=O)[O-])CC1. The Balaban J connectivity index is 1.62. The lowest BCUT2D eigenvalue weighted by Gasteiger charge is -2.38. The van der Waals surface area contributed by atoms with Crippen LogP contribution in [0.5, 0.6) is 0 Å². The van der Waals surface area contributed by atoms with E-state index in [1.165, 1.54) is 6.07 Å². The van der Waals surface area contributed by atoms with Gasteiger partial charge in [0.15, 0.2) is 0 Å². The third-order valence-corrected chi connectivity index (χ3v) is 4.62. The van der Waals surface area contributed by atoms with Crippen LogP contribution in [0.15, 0.2) is 24.3 Å². The van der Waals surface area contributed by atoms with Crippen LogP contribution in [0.1, 0.15) is 19.3 Å². The van der Waals surface area contributed by atoms with Gasteiger partial charge in [0.2, 0.25) is 5.91 Å². The topological polar surface area (TPSA) is 78.7 Å². The molecule has 0 spiro atoms. The molecule has 7 heteroatoms. The van der Waals surface area contributed by atoms with Crippen LogP contribution in [0.4, 0.5) is 11.4 Å². The molecule has 0 saturated carbocycles. The third-order valence-electron chi connectivity index (χ3n) is 4.62. The quantitative estimate of drug-likeness (QED) is 0.673. The Hall–Kier alpha value is -2.15. The van der Waals surface area contributed by atoms with Gasteiger partial charge in [0.05, 0.1) is 11.0 Å². The number of amides is 1. The fraction of sp³-hybridized carbons (Fsp3) is 0.562. The molecule has 1 aromatic rings. The molecule has 2 saturated heterocycles. The largest absolute Gasteiger partial charge is 0.362 e. The summed E-state index contributed by atoms with van der Waals surface area (Å²) in [5.41, 5.74) is 0.765. The van der Waals surface area contributed by atoms with Crippen molar-refractivity contribution in [3.8, 4) is 0 Å². The molecule has 2 fully saturated rings. The van der Waals surface area contributed by atoms with E-state index in [1.807, 2.05) is 15.9 Å². The van der Waals surface area contributed by atoms with E-state index in [2.05, 4.69) is 5.32 Å². The number of para-hydroxylation sites is 2. The van der Waals surface area contributed by atoms with Gasteiger partial charge < -0.3 is 15.1 Å². The predicted octanol–water partition coefficient (Wildman–Crippen LogP) is 1.39. The molecule has 124 valence electrons. The van der Waals surface area contributed by atoms with Gasteiger partial charge in [-0.25, -0.2) is 0 Å². The van der Waals surface area contributed by atoms with Crippen LogP contribution in [0, 0.1) is 10.1 Å². The van der Waals surface area contributed by atoms with E-state index >= 15 is 0 Å². The summed E-state index contributed by atoms with van der Waals surface area (Å²) in [5.74, 6) is 0.173. The first-order chi connectivity index (χ1) is 11.2. The van der Waals surface area contributed by atoms with Gasteiger partial charge in [-0.2, -0.15) is 0 Å². The fourth-order valence-corrected chi connectivity index (χ4v) is 3.34. The monoisotopic (exact) mass is 318 g/mol. The molecule has 3 rings (SSSR count). The first-order valence-corrected chi connectivity index (χ1v) is 8.17. The molecule has 1 atom stereocenters. The fourth-order valence-electron chi connectivity index (χ4n) is 3.34. The molecule has 0 aromatic heterocycles. The average molecular weight is 318 g/mol. The first kappa shape index (κ1) is 15.7. The van der Waals surface area contributed by atoms with Crippen molar-refractivity contribution in [1.82, 2.24) is 10.2 Å². The van der Waals surface area contributed by atoms with E-state index in [4.69, 9.17) is 0 Å². The molecule has 0 bridgehead atoms. The summed E-state index contributed by atoms with van der Waals surface area (Å²) in [7, 11) is 0. The molecule has 1 amide bonds. The number of carbonyl (C=O) groups excluding carboxylic acids is 1. The molecular weight excluding hydrogens is 296 g/mol. The summed E-state index contributed by atoms with van der Waals surface area (Å²) in [6, 6.07) is 6.74. The van der Waals surface area contributed by atoms with Crippen molar-refractivity contribution in [2.45, 2.75) is 25.3 Å². The minimum absolute atomic E-state index is 0.0543.